The van der Waals surface area contributed by atoms with Crippen LogP contribution in [0.1, 0.15) is 33.6 Å². The highest BCUT2D eigenvalue weighted by molar-refractivity contribution is 5.98. The van der Waals surface area contributed by atoms with Gasteiger partial charge in [0.05, 0.1) is 6.61 Å². The first kappa shape index (κ1) is 26.1. The molecular weight excluding hydrogens is 346 g/mol. The van der Waals surface area contributed by atoms with Crippen LogP contribution in [-0.2, 0) is 19.1 Å². The van der Waals surface area contributed by atoms with E-state index < -0.39 is 5.97 Å². The van der Waals surface area contributed by atoms with Crippen molar-refractivity contribution in [3.8, 4) is 0 Å². The lowest BCUT2D eigenvalue weighted by Crippen LogP contribution is -2.06. The number of hydrogen-bond acceptors (Lipinski definition) is 4. The summed E-state index contributed by atoms with van der Waals surface area (Å²) in [5.74, 6) is -1.40. The van der Waals surface area contributed by atoms with Crippen LogP contribution in [0.4, 0.5) is 5.69 Å². The molecule has 0 saturated heterocycles. The maximum absolute atomic E-state index is 10.8. The molecule has 6 heteroatoms. The second-order valence-corrected chi connectivity index (χ2v) is 5.41. The van der Waals surface area contributed by atoms with Gasteiger partial charge < -0.3 is 15.2 Å². The number of nitrogens with one attached hydrogen (secondary N) is 1. The van der Waals surface area contributed by atoms with E-state index in [2.05, 4.69) is 32.0 Å². The van der Waals surface area contributed by atoms with Crippen molar-refractivity contribution in [2.75, 3.05) is 11.9 Å². The topological polar surface area (TPSA) is 92.7 Å². The van der Waals surface area contributed by atoms with E-state index in [0.29, 0.717) is 12.2 Å². The fourth-order valence-corrected chi connectivity index (χ4v) is 1.15. The minimum absolute atomic E-state index is 0.176. The molecular formula is C21H29NO5. The van der Waals surface area contributed by atoms with Gasteiger partial charge in [-0.2, -0.15) is 0 Å². The number of aliphatic carboxylic acids is 1. The van der Waals surface area contributed by atoms with Crippen LogP contribution < -0.4 is 5.32 Å². The van der Waals surface area contributed by atoms with Crippen LogP contribution in [0.3, 0.4) is 0 Å². The van der Waals surface area contributed by atoms with Crippen molar-refractivity contribution in [2.45, 2.75) is 33.6 Å². The molecule has 0 heterocycles. The summed E-state index contributed by atoms with van der Waals surface area (Å²) in [6.07, 6.45) is 3.22. The molecule has 1 aromatic carbocycles. The minimum Gasteiger partial charge on any atom is -0.478 e. The van der Waals surface area contributed by atoms with Crippen LogP contribution >= 0.6 is 0 Å². The molecule has 0 spiro atoms. The number of rotatable bonds is 7. The Morgan fingerprint density at radius 3 is 2.00 bits per heavy atom. The number of esters is 1. The molecule has 1 rings (SSSR count). The van der Waals surface area contributed by atoms with Crippen molar-refractivity contribution in [1.29, 1.82) is 0 Å². The lowest BCUT2D eigenvalue weighted by molar-refractivity contribution is -0.139. The zero-order valence-electron chi connectivity index (χ0n) is 16.3. The SMILES string of the molecule is C=C(C)C(=O)O.C=C(C)C(=O)OCCCC.C=CC(=O)Nc1ccccc1. The first-order chi connectivity index (χ1) is 12.6. The number of carboxylic acid groups (broad SMARTS) is 1. The number of hydrogen-bond donors (Lipinski definition) is 2. The van der Waals surface area contributed by atoms with Gasteiger partial charge in [-0.1, -0.05) is 51.3 Å². The zero-order valence-corrected chi connectivity index (χ0v) is 16.3. The lowest BCUT2D eigenvalue weighted by atomic mass is 10.3. The van der Waals surface area contributed by atoms with Gasteiger partial charge in [0.25, 0.3) is 0 Å². The van der Waals surface area contributed by atoms with E-state index in [-0.39, 0.29) is 17.4 Å². The van der Waals surface area contributed by atoms with Crippen LogP contribution in [0.2, 0.25) is 0 Å². The molecule has 0 saturated carbocycles. The number of benzene rings is 1. The van der Waals surface area contributed by atoms with Gasteiger partial charge in [-0.25, -0.2) is 9.59 Å². The van der Waals surface area contributed by atoms with Gasteiger partial charge in [-0.15, -0.1) is 0 Å². The molecule has 0 radical (unpaired) electrons. The zero-order chi connectivity index (χ0) is 21.2. The molecule has 0 bridgehead atoms. The van der Waals surface area contributed by atoms with Crippen LogP contribution in [0, 0.1) is 0 Å². The third-order valence-corrected chi connectivity index (χ3v) is 2.67. The van der Waals surface area contributed by atoms with Crippen LogP contribution in [0.25, 0.3) is 0 Å². The Bertz CT molecular complexity index is 623. The molecule has 0 aliphatic rings. The van der Waals surface area contributed by atoms with E-state index in [4.69, 9.17) is 9.84 Å². The first-order valence-electron chi connectivity index (χ1n) is 8.35. The summed E-state index contributed by atoms with van der Waals surface area (Å²) < 4.78 is 4.81. The van der Waals surface area contributed by atoms with Gasteiger partial charge >= 0.3 is 11.9 Å². The van der Waals surface area contributed by atoms with Crippen LogP contribution in [0.15, 0.2) is 67.3 Å². The molecule has 0 atom stereocenters. The van der Waals surface area contributed by atoms with Gasteiger partial charge in [0.15, 0.2) is 0 Å². The standard InChI is InChI=1S/C9H9NO.C8H14O2.C4H6O2/c1-2-9(11)10-8-6-4-3-5-7-8;1-4-5-6-10-8(9)7(2)3;1-3(2)4(5)6/h2-7H,1H2,(H,10,11);2,4-6H2,1,3H3;1H2,2H3,(H,5,6). The summed E-state index contributed by atoms with van der Waals surface area (Å²) in [4.78, 5) is 31.0. The number of unbranched alkanes of at least 4 members (excludes halogenated alkanes) is 1. The van der Waals surface area contributed by atoms with Gasteiger partial charge in [0, 0.05) is 16.8 Å². The largest absolute Gasteiger partial charge is 0.478 e. The Kier molecular flexibility index (Phi) is 15.8. The van der Waals surface area contributed by atoms with Crippen molar-refractivity contribution < 1.29 is 24.2 Å². The predicted molar refractivity (Wildman–Crippen MR) is 108 cm³/mol. The molecule has 2 N–H and O–H groups in total. The maximum Gasteiger partial charge on any atom is 0.333 e. The third kappa shape index (κ3) is 17.5. The molecule has 1 aromatic rings. The van der Waals surface area contributed by atoms with Crippen molar-refractivity contribution in [2.24, 2.45) is 0 Å². The van der Waals surface area contributed by atoms with Gasteiger partial charge in [0.2, 0.25) is 5.91 Å². The summed E-state index contributed by atoms with van der Waals surface area (Å²) in [6.45, 7) is 15.6. The number of carbonyl (C=O) groups is 3. The van der Waals surface area contributed by atoms with E-state index in [1.54, 1.807) is 6.92 Å². The normalized spacial score (nSPS) is 8.56. The summed E-state index contributed by atoms with van der Waals surface area (Å²) in [5, 5.41) is 10.5. The van der Waals surface area contributed by atoms with E-state index in [9.17, 15) is 14.4 Å². The number of carbonyl (C=O) groups excluding carboxylic acids is 2. The Morgan fingerprint density at radius 1 is 1.11 bits per heavy atom. The maximum atomic E-state index is 10.8. The number of para-hydroxylation sites is 1. The molecule has 0 fully saturated rings. The smallest absolute Gasteiger partial charge is 0.333 e. The third-order valence-electron chi connectivity index (χ3n) is 2.67. The molecule has 0 unspecified atom stereocenters. The summed E-state index contributed by atoms with van der Waals surface area (Å²) in [5.41, 5.74) is 1.43. The Labute approximate surface area is 161 Å². The minimum atomic E-state index is -0.935. The summed E-state index contributed by atoms with van der Waals surface area (Å²) in [6, 6.07) is 9.25. The Morgan fingerprint density at radius 2 is 1.63 bits per heavy atom. The van der Waals surface area contributed by atoms with Gasteiger partial charge in [0.1, 0.15) is 0 Å². The summed E-state index contributed by atoms with van der Waals surface area (Å²) in [7, 11) is 0. The van der Waals surface area contributed by atoms with Crippen LogP contribution in [-0.4, -0.2) is 29.6 Å². The van der Waals surface area contributed by atoms with E-state index in [1.165, 1.54) is 13.0 Å². The van der Waals surface area contributed by atoms with E-state index in [0.717, 1.165) is 18.5 Å². The van der Waals surface area contributed by atoms with E-state index in [1.807, 2.05) is 30.3 Å². The molecule has 0 aliphatic carbocycles. The van der Waals surface area contributed by atoms with Crippen LogP contribution in [0.5, 0.6) is 0 Å². The van der Waals surface area contributed by atoms with Crippen molar-refractivity contribution >= 4 is 23.5 Å². The second kappa shape index (κ2) is 16.3. The Hall–Kier alpha value is -3.15. The van der Waals surface area contributed by atoms with Crippen molar-refractivity contribution in [3.63, 3.8) is 0 Å². The van der Waals surface area contributed by atoms with Gasteiger partial charge in [-0.05, 0) is 38.5 Å². The highest BCUT2D eigenvalue weighted by Gasteiger charge is 2.00. The molecule has 1 amide bonds. The summed E-state index contributed by atoms with van der Waals surface area (Å²) >= 11 is 0. The Balaban J connectivity index is 0. The van der Waals surface area contributed by atoms with Crippen molar-refractivity contribution in [3.05, 3.63) is 67.3 Å². The molecule has 0 aromatic heterocycles. The molecule has 6 nitrogen and oxygen atoms in total. The monoisotopic (exact) mass is 375 g/mol. The average Bonchev–Trinajstić information content (AvgIpc) is 2.63. The van der Waals surface area contributed by atoms with Gasteiger partial charge in [-0.3, -0.25) is 4.79 Å². The number of ether oxygens (including phenoxy) is 1. The highest BCUT2D eigenvalue weighted by Crippen LogP contribution is 2.04. The van der Waals surface area contributed by atoms with E-state index >= 15 is 0 Å². The fraction of sp³-hybridized carbons (Fsp3) is 0.286. The quantitative estimate of drug-likeness (QED) is 0.419. The number of carboxylic acids is 1. The second-order valence-electron chi connectivity index (χ2n) is 5.41. The lowest BCUT2D eigenvalue weighted by Gasteiger charge is -2.01. The molecule has 148 valence electrons. The number of amides is 1. The predicted octanol–water partition coefficient (Wildman–Crippen LogP) is 4.36. The number of anilines is 1. The first-order valence-corrected chi connectivity index (χ1v) is 8.35. The fourth-order valence-electron chi connectivity index (χ4n) is 1.15. The highest BCUT2D eigenvalue weighted by atomic mass is 16.5. The molecule has 0 aliphatic heterocycles. The molecule has 27 heavy (non-hydrogen) atoms. The van der Waals surface area contributed by atoms with Crippen molar-refractivity contribution in [1.82, 2.24) is 0 Å². The average molecular weight is 375 g/mol.